The Balaban J connectivity index is 2.58. The first-order valence-electron chi connectivity index (χ1n) is 8.71. The van der Waals surface area contributed by atoms with Crippen LogP contribution < -0.4 is 5.48 Å². The molecule has 0 bridgehead atoms. The molecule has 1 heterocycles. The maximum Gasteiger partial charge on any atom is 0.326 e. The number of rotatable bonds is 12. The second-order valence-electron chi connectivity index (χ2n) is 6.76. The van der Waals surface area contributed by atoms with Gasteiger partial charge in [0.05, 0.1) is 6.61 Å². The predicted molar refractivity (Wildman–Crippen MR) is 95.3 cm³/mol. The average Bonchev–Trinajstić information content (AvgIpc) is 2.94. The fraction of sp³-hybridized carbons (Fsp3) is 0.688. The summed E-state index contributed by atoms with van der Waals surface area (Å²) in [6.07, 6.45) is 1.24. The quantitative estimate of drug-likeness (QED) is 0.105. The van der Waals surface area contributed by atoms with Crippen LogP contribution in [-0.2, 0) is 29.2 Å². The number of carbonyl (C=O) groups is 3. The number of aliphatic hydroxyl groups is 1. The van der Waals surface area contributed by atoms with E-state index in [1.165, 1.54) is 0 Å². The molecule has 160 valence electrons. The molecule has 0 saturated heterocycles. The fourth-order valence-electron chi connectivity index (χ4n) is 2.53. The Kier molecular flexibility index (Phi) is 9.17. The van der Waals surface area contributed by atoms with E-state index in [2.05, 4.69) is 0 Å². The summed E-state index contributed by atoms with van der Waals surface area (Å²) in [6.45, 7) is 3.10. The predicted octanol–water partition coefficient (Wildman–Crippen LogP) is -0.549. The van der Waals surface area contributed by atoms with Gasteiger partial charge in [-0.1, -0.05) is 13.8 Å². The molecule has 4 N–H and O–H groups in total. The van der Waals surface area contributed by atoms with Crippen molar-refractivity contribution in [2.75, 3.05) is 13.2 Å². The smallest absolute Gasteiger partial charge is 0.326 e. The third kappa shape index (κ3) is 7.28. The van der Waals surface area contributed by atoms with E-state index in [1.54, 1.807) is 12.4 Å². The van der Waals surface area contributed by atoms with E-state index in [1.807, 2.05) is 6.92 Å². The lowest BCUT2D eigenvalue weighted by molar-refractivity contribution is -0.146. The number of hydroxylamine groups is 1. The zero-order chi connectivity index (χ0) is 21.5. The first-order valence-corrected chi connectivity index (χ1v) is 10.2. The highest BCUT2D eigenvalue weighted by Gasteiger charge is 2.35. The summed E-state index contributed by atoms with van der Waals surface area (Å²) in [7, 11) is -4.80. The highest BCUT2D eigenvalue weighted by molar-refractivity contribution is 7.87. The van der Waals surface area contributed by atoms with Crippen LogP contribution in [0.25, 0.3) is 0 Å². The van der Waals surface area contributed by atoms with Gasteiger partial charge in [-0.3, -0.25) is 23.8 Å². The molecule has 12 heteroatoms. The molecule has 0 aromatic rings. The molecule has 0 aromatic carbocycles. The van der Waals surface area contributed by atoms with E-state index in [-0.39, 0.29) is 31.4 Å². The molecule has 4 atom stereocenters. The van der Waals surface area contributed by atoms with E-state index < -0.39 is 45.8 Å². The third-order valence-electron chi connectivity index (χ3n) is 4.64. The van der Waals surface area contributed by atoms with Crippen LogP contribution in [-0.4, -0.2) is 70.6 Å². The molecule has 0 spiro atoms. The molecule has 0 aliphatic carbocycles. The molecule has 28 heavy (non-hydrogen) atoms. The molecule has 0 aromatic heterocycles. The second kappa shape index (κ2) is 10.6. The second-order valence-corrected chi connectivity index (χ2v) is 8.36. The van der Waals surface area contributed by atoms with Gasteiger partial charge in [-0.05, 0) is 31.1 Å². The molecule has 1 aliphatic heterocycles. The number of nitrogens with one attached hydrogen (secondary N) is 1. The van der Waals surface area contributed by atoms with Crippen molar-refractivity contribution in [3.63, 3.8) is 0 Å². The van der Waals surface area contributed by atoms with Gasteiger partial charge in [-0.15, -0.1) is 0 Å². The summed E-state index contributed by atoms with van der Waals surface area (Å²) >= 11 is 0. The molecule has 1 rings (SSSR count). The molecular formula is C16H26N2O9S. The van der Waals surface area contributed by atoms with Gasteiger partial charge >= 0.3 is 5.97 Å². The Morgan fingerprint density at radius 2 is 1.71 bits per heavy atom. The highest BCUT2D eigenvalue weighted by atomic mass is 32.2. The van der Waals surface area contributed by atoms with E-state index in [4.69, 9.17) is 9.94 Å². The number of imide groups is 1. The summed E-state index contributed by atoms with van der Waals surface area (Å²) in [5.74, 6) is -2.65. The number of esters is 1. The number of ether oxygens (including phenoxy) is 1. The van der Waals surface area contributed by atoms with Gasteiger partial charge in [0.2, 0.25) is 0 Å². The van der Waals surface area contributed by atoms with Crippen molar-refractivity contribution < 1.29 is 42.4 Å². The fourth-order valence-corrected chi connectivity index (χ4v) is 3.24. The zero-order valence-corrected chi connectivity index (χ0v) is 16.5. The summed E-state index contributed by atoms with van der Waals surface area (Å²) in [4.78, 5) is 35.9. The Hall–Kier alpha value is -1.86. The van der Waals surface area contributed by atoms with Crippen LogP contribution in [0.1, 0.15) is 33.1 Å². The minimum Gasteiger partial charge on any atom is -0.464 e. The molecule has 0 radical (unpaired) electrons. The lowest BCUT2D eigenvalue weighted by Gasteiger charge is -2.22. The van der Waals surface area contributed by atoms with Crippen LogP contribution in [0.5, 0.6) is 0 Å². The minimum atomic E-state index is -4.80. The van der Waals surface area contributed by atoms with E-state index in [0.717, 1.165) is 17.1 Å². The summed E-state index contributed by atoms with van der Waals surface area (Å²) in [5.41, 5.74) is 1.70. The SMILES string of the molecule is CC(CCC(O)NO)C(C)COC(=O)C(CCN1C(=O)C=CC1=O)S(=O)(=O)O. The first kappa shape index (κ1) is 24.2. The molecule has 0 fully saturated rings. The maximum atomic E-state index is 12.1. The van der Waals surface area contributed by atoms with Crippen molar-refractivity contribution in [1.82, 2.24) is 10.4 Å². The maximum absolute atomic E-state index is 12.1. The topological polar surface area (TPSA) is 171 Å². The minimum absolute atomic E-state index is 0.0223. The van der Waals surface area contributed by atoms with Crippen LogP contribution in [0.15, 0.2) is 12.2 Å². The van der Waals surface area contributed by atoms with Crippen LogP contribution in [0, 0.1) is 11.8 Å². The Morgan fingerprint density at radius 3 is 2.21 bits per heavy atom. The van der Waals surface area contributed by atoms with Crippen LogP contribution in [0.3, 0.4) is 0 Å². The normalized spacial score (nSPS) is 18.8. The van der Waals surface area contributed by atoms with Crippen LogP contribution in [0.4, 0.5) is 0 Å². The molecule has 4 unspecified atom stereocenters. The number of hydrogen-bond donors (Lipinski definition) is 4. The van der Waals surface area contributed by atoms with Crippen LogP contribution >= 0.6 is 0 Å². The molecular weight excluding hydrogens is 396 g/mol. The van der Waals surface area contributed by atoms with Gasteiger partial charge in [0.1, 0.15) is 6.23 Å². The Bertz CT molecular complexity index is 689. The standard InChI is InChI=1S/C16H26N2O9S/c1-10(3-4-13(19)17-23)11(2)9-27-16(22)12(28(24,25)26)7-8-18-14(20)5-6-15(18)21/h5-6,10-13,17,19,23H,3-4,7-9H2,1-2H3,(H,24,25,26). The van der Waals surface area contributed by atoms with Crippen molar-refractivity contribution in [3.8, 4) is 0 Å². The van der Waals surface area contributed by atoms with Gasteiger partial charge in [0.15, 0.2) is 5.25 Å². The third-order valence-corrected chi connectivity index (χ3v) is 5.79. The van der Waals surface area contributed by atoms with Crippen molar-refractivity contribution in [3.05, 3.63) is 12.2 Å². The lowest BCUT2D eigenvalue weighted by Crippen LogP contribution is -2.39. The number of aliphatic hydroxyl groups excluding tert-OH is 1. The van der Waals surface area contributed by atoms with Crippen molar-refractivity contribution in [2.24, 2.45) is 11.8 Å². The molecule has 11 nitrogen and oxygen atoms in total. The van der Waals surface area contributed by atoms with Crippen LogP contribution in [0.2, 0.25) is 0 Å². The summed E-state index contributed by atoms with van der Waals surface area (Å²) < 4.78 is 37.4. The van der Waals surface area contributed by atoms with E-state index >= 15 is 0 Å². The van der Waals surface area contributed by atoms with E-state index in [0.29, 0.717) is 6.42 Å². The molecule has 0 saturated carbocycles. The molecule has 1 aliphatic rings. The van der Waals surface area contributed by atoms with E-state index in [9.17, 15) is 32.5 Å². The summed E-state index contributed by atoms with van der Waals surface area (Å²) in [5, 5.41) is 15.9. The van der Waals surface area contributed by atoms with Gasteiger partial charge in [0.25, 0.3) is 21.9 Å². The average molecular weight is 422 g/mol. The van der Waals surface area contributed by atoms with Gasteiger partial charge in [-0.2, -0.15) is 13.9 Å². The summed E-state index contributed by atoms with van der Waals surface area (Å²) in [6, 6.07) is 0. The van der Waals surface area contributed by atoms with Crippen molar-refractivity contribution >= 4 is 27.9 Å². The number of nitrogens with zero attached hydrogens (tertiary/aromatic N) is 1. The zero-order valence-electron chi connectivity index (χ0n) is 15.6. The number of amides is 2. The van der Waals surface area contributed by atoms with Gasteiger partial charge in [0, 0.05) is 18.7 Å². The molecule has 2 amide bonds. The van der Waals surface area contributed by atoms with Gasteiger partial charge < -0.3 is 15.1 Å². The largest absolute Gasteiger partial charge is 0.464 e. The van der Waals surface area contributed by atoms with Crippen molar-refractivity contribution in [1.29, 1.82) is 0 Å². The first-order chi connectivity index (χ1) is 13.0. The van der Waals surface area contributed by atoms with Gasteiger partial charge in [-0.25, -0.2) is 0 Å². The Morgan fingerprint density at radius 1 is 1.14 bits per heavy atom. The highest BCUT2D eigenvalue weighted by Crippen LogP contribution is 2.19. The lowest BCUT2D eigenvalue weighted by atomic mass is 9.92. The number of carbonyl (C=O) groups excluding carboxylic acids is 3. The monoisotopic (exact) mass is 422 g/mol. The van der Waals surface area contributed by atoms with Crippen molar-refractivity contribution in [2.45, 2.75) is 44.6 Å². The number of hydrogen-bond acceptors (Lipinski definition) is 9. The Labute approximate surface area is 163 Å².